The zero-order valence-corrected chi connectivity index (χ0v) is 16.8. The molecule has 1 N–H and O–H groups in total. The number of nitro benzene ring substituents is 1. The van der Waals surface area contributed by atoms with Crippen LogP contribution in [0.2, 0.25) is 0 Å². The molecule has 0 atom stereocenters. The Morgan fingerprint density at radius 3 is 2.58 bits per heavy atom. The van der Waals surface area contributed by atoms with Crippen LogP contribution in [0.1, 0.15) is 22.3 Å². The second-order valence-corrected chi connectivity index (χ2v) is 7.34. The third-order valence-corrected chi connectivity index (χ3v) is 4.92. The number of benzene rings is 2. The lowest BCUT2D eigenvalue weighted by atomic mass is 10.0. The van der Waals surface area contributed by atoms with Gasteiger partial charge in [-0.05, 0) is 6.92 Å². The van der Waals surface area contributed by atoms with Gasteiger partial charge in [-0.2, -0.15) is 18.3 Å². The van der Waals surface area contributed by atoms with Crippen molar-refractivity contribution in [3.8, 4) is 11.3 Å². The van der Waals surface area contributed by atoms with Crippen molar-refractivity contribution in [3.05, 3.63) is 75.2 Å². The van der Waals surface area contributed by atoms with Crippen molar-refractivity contribution in [1.82, 2.24) is 4.98 Å². The fourth-order valence-corrected chi connectivity index (χ4v) is 3.21. The maximum atomic E-state index is 13.3. The van der Waals surface area contributed by atoms with E-state index in [9.17, 15) is 28.1 Å². The zero-order chi connectivity index (χ0) is 22.6. The number of halogens is 3. The summed E-state index contributed by atoms with van der Waals surface area (Å²) in [5.41, 5.74) is 2.63. The number of thiazole rings is 1. The van der Waals surface area contributed by atoms with Crippen LogP contribution in [0, 0.1) is 17.0 Å². The van der Waals surface area contributed by atoms with Crippen molar-refractivity contribution in [3.63, 3.8) is 0 Å². The molecule has 160 valence electrons. The lowest BCUT2D eigenvalue weighted by molar-refractivity contribution is -0.384. The molecule has 0 saturated carbocycles. The van der Waals surface area contributed by atoms with Crippen molar-refractivity contribution in [2.45, 2.75) is 19.5 Å². The molecule has 7 nitrogen and oxygen atoms in total. The summed E-state index contributed by atoms with van der Waals surface area (Å²) in [7, 11) is 0. The number of hydrazone groups is 1. The molecule has 11 heteroatoms. The van der Waals surface area contributed by atoms with Gasteiger partial charge >= 0.3 is 6.18 Å². The smallest absolute Gasteiger partial charge is 0.294 e. The van der Waals surface area contributed by atoms with Crippen LogP contribution in [-0.4, -0.2) is 27.6 Å². The van der Waals surface area contributed by atoms with Gasteiger partial charge in [-0.1, -0.05) is 42.0 Å². The number of Topliss-reactive ketones (excluding diaryl/α,β-unsaturated/α-hetero) is 1. The second kappa shape index (κ2) is 9.04. The van der Waals surface area contributed by atoms with Crippen molar-refractivity contribution in [2.75, 3.05) is 5.43 Å². The number of aryl methyl sites for hydroxylation is 1. The summed E-state index contributed by atoms with van der Waals surface area (Å²) in [5.74, 6) is -0.714. The van der Waals surface area contributed by atoms with E-state index in [1.165, 1.54) is 35.7 Å². The first-order chi connectivity index (χ1) is 14.6. The summed E-state index contributed by atoms with van der Waals surface area (Å²) >= 11 is 0.977. The minimum atomic E-state index is -4.81. The quantitative estimate of drug-likeness (QED) is 0.219. The Kier molecular flexibility index (Phi) is 6.44. The Hall–Kier alpha value is -3.60. The molecule has 0 spiro atoms. The Bertz CT molecular complexity index is 1140. The fourth-order valence-electron chi connectivity index (χ4n) is 2.55. The number of nitrogens with zero attached hydrogens (tertiary/aromatic N) is 3. The van der Waals surface area contributed by atoms with Crippen LogP contribution in [0.3, 0.4) is 0 Å². The highest BCUT2D eigenvalue weighted by Crippen LogP contribution is 2.28. The predicted molar refractivity (Wildman–Crippen MR) is 111 cm³/mol. The van der Waals surface area contributed by atoms with E-state index in [0.29, 0.717) is 11.3 Å². The number of ketones is 1. The zero-order valence-electron chi connectivity index (χ0n) is 16.0. The number of non-ortho nitro benzene ring substituents is 1. The van der Waals surface area contributed by atoms with Crippen molar-refractivity contribution in [2.24, 2.45) is 5.10 Å². The number of rotatable bonds is 7. The van der Waals surface area contributed by atoms with Gasteiger partial charge in [-0.3, -0.25) is 20.3 Å². The molecule has 1 heterocycles. The van der Waals surface area contributed by atoms with E-state index in [4.69, 9.17) is 0 Å². The first kappa shape index (κ1) is 22.1. The molecule has 2 aromatic carbocycles. The molecular weight excluding hydrogens is 433 g/mol. The second-order valence-electron chi connectivity index (χ2n) is 6.48. The van der Waals surface area contributed by atoms with Crippen LogP contribution in [0.4, 0.5) is 24.0 Å². The first-order valence-corrected chi connectivity index (χ1v) is 9.71. The predicted octanol–water partition coefficient (Wildman–Crippen LogP) is 5.63. The topological polar surface area (TPSA) is 97.5 Å². The summed E-state index contributed by atoms with van der Waals surface area (Å²) in [4.78, 5) is 26.7. The summed E-state index contributed by atoms with van der Waals surface area (Å²) in [6.07, 6.45) is -5.74. The number of hydrogen-bond acceptors (Lipinski definition) is 7. The van der Waals surface area contributed by atoms with Gasteiger partial charge in [0.2, 0.25) is 5.13 Å². The summed E-state index contributed by atoms with van der Waals surface area (Å²) in [6.45, 7) is 1.80. The van der Waals surface area contributed by atoms with Gasteiger partial charge < -0.3 is 0 Å². The molecule has 0 aliphatic heterocycles. The average molecular weight is 448 g/mol. The molecule has 0 fully saturated rings. The third kappa shape index (κ3) is 5.72. The maximum absolute atomic E-state index is 13.3. The third-order valence-electron chi connectivity index (χ3n) is 4.17. The number of carbonyl (C=O) groups is 1. The minimum Gasteiger partial charge on any atom is -0.294 e. The van der Waals surface area contributed by atoms with Gasteiger partial charge in [0, 0.05) is 28.6 Å². The van der Waals surface area contributed by atoms with E-state index in [1.54, 1.807) is 25.1 Å². The van der Waals surface area contributed by atoms with Gasteiger partial charge in [0.15, 0.2) is 5.78 Å². The van der Waals surface area contributed by atoms with Gasteiger partial charge in [0.25, 0.3) is 5.69 Å². The van der Waals surface area contributed by atoms with Crippen molar-refractivity contribution < 1.29 is 22.9 Å². The minimum absolute atomic E-state index is 0.0473. The normalized spacial score (nSPS) is 11.9. The molecule has 0 unspecified atom stereocenters. The molecule has 1 aromatic heterocycles. The molecule has 3 rings (SSSR count). The molecular formula is C20H15F3N4O3S. The molecule has 0 aliphatic rings. The molecule has 0 radical (unpaired) electrons. The average Bonchev–Trinajstić information content (AvgIpc) is 3.19. The number of anilines is 1. The number of nitro groups is 1. The summed E-state index contributed by atoms with van der Waals surface area (Å²) in [6, 6.07) is 11.9. The number of alkyl halides is 3. The van der Waals surface area contributed by atoms with Crippen LogP contribution in [-0.2, 0) is 0 Å². The highest BCUT2D eigenvalue weighted by atomic mass is 32.1. The van der Waals surface area contributed by atoms with E-state index in [-0.39, 0.29) is 16.4 Å². The Morgan fingerprint density at radius 1 is 1.23 bits per heavy atom. The van der Waals surface area contributed by atoms with Crippen molar-refractivity contribution in [1.29, 1.82) is 0 Å². The van der Waals surface area contributed by atoms with Gasteiger partial charge in [0.05, 0.1) is 17.0 Å². The van der Waals surface area contributed by atoms with E-state index in [2.05, 4.69) is 15.5 Å². The number of hydrogen-bond donors (Lipinski definition) is 1. The Balaban J connectivity index is 1.77. The summed E-state index contributed by atoms with van der Waals surface area (Å²) < 4.78 is 40.0. The number of nitrogens with one attached hydrogen (secondary N) is 1. The van der Waals surface area contributed by atoms with Crippen LogP contribution in [0.15, 0.2) is 59.0 Å². The molecule has 0 bridgehead atoms. The molecule has 31 heavy (non-hydrogen) atoms. The van der Waals surface area contributed by atoms with Gasteiger partial charge in [-0.15, -0.1) is 11.3 Å². The van der Waals surface area contributed by atoms with Crippen LogP contribution in [0.25, 0.3) is 11.3 Å². The highest BCUT2D eigenvalue weighted by molar-refractivity contribution is 7.14. The van der Waals surface area contributed by atoms with E-state index in [1.807, 2.05) is 0 Å². The van der Waals surface area contributed by atoms with Crippen LogP contribution >= 0.6 is 11.3 Å². The Morgan fingerprint density at radius 2 is 1.94 bits per heavy atom. The van der Waals surface area contributed by atoms with Gasteiger partial charge in [-0.25, -0.2) is 4.98 Å². The van der Waals surface area contributed by atoms with E-state index >= 15 is 0 Å². The largest absolute Gasteiger partial charge is 0.431 e. The first-order valence-electron chi connectivity index (χ1n) is 8.83. The fraction of sp³-hybridized carbons (Fsp3) is 0.150. The lowest BCUT2D eigenvalue weighted by Crippen LogP contribution is -2.27. The van der Waals surface area contributed by atoms with Crippen LogP contribution < -0.4 is 5.43 Å². The lowest BCUT2D eigenvalue weighted by Gasteiger charge is -2.10. The van der Waals surface area contributed by atoms with E-state index in [0.717, 1.165) is 16.9 Å². The van der Waals surface area contributed by atoms with Crippen molar-refractivity contribution >= 4 is 33.7 Å². The number of carbonyl (C=O) groups excluding carboxylic acids is 1. The van der Waals surface area contributed by atoms with Crippen LogP contribution in [0.5, 0.6) is 0 Å². The molecule has 0 saturated heterocycles. The number of aromatic nitrogens is 1. The maximum Gasteiger partial charge on any atom is 0.431 e. The Labute approximate surface area is 178 Å². The SMILES string of the molecule is Cc1ccc(C(=O)CC(=NNc2nc(-c3cccc([N+](=O)[O-])c3)cs2)C(F)(F)F)cc1. The summed E-state index contributed by atoms with van der Waals surface area (Å²) in [5, 5.41) is 15.8. The van der Waals surface area contributed by atoms with E-state index < -0.39 is 29.0 Å². The molecule has 3 aromatic rings. The molecule has 0 aliphatic carbocycles. The standard InChI is InChI=1S/C20H15F3N4O3S/c1-12-5-7-13(8-6-12)17(28)10-18(20(21,22)23)25-26-19-24-16(11-31-19)14-3-2-4-15(9-14)27(29)30/h2-9,11H,10H2,1H3,(H,24,26). The monoisotopic (exact) mass is 448 g/mol. The highest BCUT2D eigenvalue weighted by Gasteiger charge is 2.37. The van der Waals surface area contributed by atoms with Gasteiger partial charge in [0.1, 0.15) is 5.71 Å². The molecule has 0 amide bonds.